The van der Waals surface area contributed by atoms with E-state index in [-0.39, 0.29) is 5.92 Å². The molecule has 4 heterocycles. The van der Waals surface area contributed by atoms with Gasteiger partial charge in [-0.3, -0.25) is 0 Å². The predicted octanol–water partition coefficient (Wildman–Crippen LogP) is 18.0. The van der Waals surface area contributed by atoms with Crippen LogP contribution in [0.1, 0.15) is 47.8 Å². The fraction of sp³-hybridized carbons (Fsp3) is 0.0571. The van der Waals surface area contributed by atoms with Gasteiger partial charge >= 0.3 is 0 Å². The Morgan fingerprint density at radius 1 is 0.507 bits per heavy atom. The van der Waals surface area contributed by atoms with Gasteiger partial charge in [0, 0.05) is 66.5 Å². The molecule has 0 bridgehead atoms. The van der Waals surface area contributed by atoms with Crippen LogP contribution in [0.5, 0.6) is 0 Å². The number of hydrogen-bond donors (Lipinski definition) is 0. The van der Waals surface area contributed by atoms with Crippen molar-refractivity contribution in [1.82, 2.24) is 23.7 Å². The molecule has 356 valence electrons. The minimum atomic E-state index is -0.0801. The molecular weight excluding hydrogens is 911 g/mol. The Kier molecular flexibility index (Phi) is 10.9. The highest BCUT2D eigenvalue weighted by Crippen LogP contribution is 2.51. The van der Waals surface area contributed by atoms with Crippen LogP contribution < -0.4 is 0 Å². The fourth-order valence-electron chi connectivity index (χ4n) is 12.0. The van der Waals surface area contributed by atoms with Gasteiger partial charge in [0.1, 0.15) is 0 Å². The minimum absolute atomic E-state index is 0.0801. The third kappa shape index (κ3) is 7.38. The quantitative estimate of drug-likeness (QED) is 0.128. The Balaban J connectivity index is 1.10. The third-order valence-electron chi connectivity index (χ3n) is 15.2. The summed E-state index contributed by atoms with van der Waals surface area (Å²) >= 11 is 0. The van der Waals surface area contributed by atoms with Gasteiger partial charge in [-0.2, -0.15) is 0 Å². The molecule has 12 aromatic rings. The second-order valence-corrected chi connectivity index (χ2v) is 19.5. The molecule has 0 N–H and O–H groups in total. The average molecular weight is 962 g/mol. The van der Waals surface area contributed by atoms with Gasteiger partial charge in [0.25, 0.3) is 0 Å². The topological polar surface area (TPSA) is 40.6 Å². The summed E-state index contributed by atoms with van der Waals surface area (Å²) in [6.45, 7) is 3.86. The van der Waals surface area contributed by atoms with Crippen LogP contribution in [0.3, 0.4) is 0 Å². The normalized spacial score (nSPS) is 15.2. The molecule has 4 aromatic heterocycles. The third-order valence-corrected chi connectivity index (χ3v) is 15.2. The number of allylic oxidation sites excluding steroid dienone is 12. The second kappa shape index (κ2) is 18.5. The number of para-hydroxylation sites is 3. The first-order valence-corrected chi connectivity index (χ1v) is 26.0. The smallest absolute Gasteiger partial charge is 0.156 e. The molecule has 2 aliphatic rings. The summed E-state index contributed by atoms with van der Waals surface area (Å²) in [5.74, 6) is 0.639. The average Bonchev–Trinajstić information content (AvgIpc) is 4.13. The first-order chi connectivity index (χ1) is 37.2. The highest BCUT2D eigenvalue weighted by Gasteiger charge is 2.33. The first-order valence-electron chi connectivity index (χ1n) is 26.0. The van der Waals surface area contributed by atoms with Gasteiger partial charge in [-0.1, -0.05) is 201 Å². The molecule has 1 atom stereocenters. The maximum absolute atomic E-state index is 5.39. The summed E-state index contributed by atoms with van der Waals surface area (Å²) < 4.78 is 7.64. The monoisotopic (exact) mass is 961 g/mol. The molecule has 14 rings (SSSR count). The Labute approximate surface area is 435 Å². The van der Waals surface area contributed by atoms with E-state index in [0.717, 1.165) is 69.0 Å². The predicted molar refractivity (Wildman–Crippen MR) is 317 cm³/mol. The van der Waals surface area contributed by atoms with E-state index in [4.69, 9.17) is 9.97 Å². The van der Waals surface area contributed by atoms with Crippen LogP contribution >= 0.6 is 0 Å². The van der Waals surface area contributed by atoms with E-state index in [0.29, 0.717) is 6.42 Å². The zero-order valence-corrected chi connectivity index (χ0v) is 41.4. The lowest BCUT2D eigenvalue weighted by molar-refractivity contribution is 0.837. The molecule has 8 aromatic carbocycles. The van der Waals surface area contributed by atoms with Gasteiger partial charge in [-0.25, -0.2) is 9.97 Å². The Morgan fingerprint density at radius 2 is 1.11 bits per heavy atom. The van der Waals surface area contributed by atoms with Crippen LogP contribution in [-0.4, -0.2) is 23.7 Å². The molecule has 0 saturated carbocycles. The number of rotatable bonds is 10. The zero-order valence-electron chi connectivity index (χ0n) is 41.4. The van der Waals surface area contributed by atoms with Crippen molar-refractivity contribution in [3.63, 3.8) is 0 Å². The van der Waals surface area contributed by atoms with Gasteiger partial charge in [0.05, 0.1) is 44.5 Å². The van der Waals surface area contributed by atoms with E-state index in [2.05, 4.69) is 245 Å². The molecule has 0 aliphatic heterocycles. The van der Waals surface area contributed by atoms with Crippen LogP contribution in [0.25, 0.3) is 111 Å². The SMILES string of the molecule is C=C/C=C\C=C\c1cc(-c2ccccc2)nc(C2=CC(c3ccccc3)=C(n3c4ccccc4c4c3ccc3c5ccc6c(c7ccccc7n6C6=CCCC=C6)c5n(-c5ccccc5)c34)C(c3ccccc3)C2)n1. The maximum atomic E-state index is 5.39. The summed E-state index contributed by atoms with van der Waals surface area (Å²) in [6.07, 6.45) is 21.9. The van der Waals surface area contributed by atoms with Crippen molar-refractivity contribution in [2.45, 2.75) is 25.2 Å². The zero-order chi connectivity index (χ0) is 49.8. The van der Waals surface area contributed by atoms with Crippen molar-refractivity contribution in [1.29, 1.82) is 0 Å². The second-order valence-electron chi connectivity index (χ2n) is 19.5. The largest absolute Gasteiger partial charge is 0.312 e. The van der Waals surface area contributed by atoms with Crippen LogP contribution in [-0.2, 0) is 0 Å². The number of benzene rings is 8. The minimum Gasteiger partial charge on any atom is -0.312 e. The fourth-order valence-corrected chi connectivity index (χ4v) is 12.0. The number of aromatic nitrogens is 5. The Hall–Kier alpha value is -9.58. The summed E-state index contributed by atoms with van der Waals surface area (Å²) in [5, 5.41) is 7.39. The van der Waals surface area contributed by atoms with Gasteiger partial charge in [0.2, 0.25) is 0 Å². The highest BCUT2D eigenvalue weighted by molar-refractivity contribution is 6.32. The van der Waals surface area contributed by atoms with E-state index in [1.807, 2.05) is 24.3 Å². The molecular formula is C70H51N5. The molecule has 0 radical (unpaired) electrons. The molecule has 5 nitrogen and oxygen atoms in total. The Morgan fingerprint density at radius 3 is 1.76 bits per heavy atom. The molecule has 0 fully saturated rings. The summed E-state index contributed by atoms with van der Waals surface area (Å²) in [6, 6.07) is 73.0. The van der Waals surface area contributed by atoms with Crippen molar-refractivity contribution >= 4 is 94.0 Å². The number of hydrogen-bond acceptors (Lipinski definition) is 2. The summed E-state index contributed by atoms with van der Waals surface area (Å²) in [4.78, 5) is 10.7. The molecule has 2 aliphatic carbocycles. The summed E-state index contributed by atoms with van der Waals surface area (Å²) in [5.41, 5.74) is 18.1. The van der Waals surface area contributed by atoms with Crippen LogP contribution in [0.4, 0.5) is 0 Å². The van der Waals surface area contributed by atoms with E-state index in [1.54, 1.807) is 6.08 Å². The lowest BCUT2D eigenvalue weighted by Crippen LogP contribution is -2.16. The molecule has 0 saturated heterocycles. The van der Waals surface area contributed by atoms with Crippen LogP contribution in [0.15, 0.2) is 255 Å². The molecule has 75 heavy (non-hydrogen) atoms. The summed E-state index contributed by atoms with van der Waals surface area (Å²) in [7, 11) is 0. The van der Waals surface area contributed by atoms with E-state index in [9.17, 15) is 0 Å². The number of nitrogens with zero attached hydrogens (tertiary/aromatic N) is 5. The lowest BCUT2D eigenvalue weighted by Gasteiger charge is -2.31. The van der Waals surface area contributed by atoms with Crippen molar-refractivity contribution in [3.8, 4) is 16.9 Å². The Bertz CT molecular complexity index is 4420. The van der Waals surface area contributed by atoms with Crippen molar-refractivity contribution < 1.29 is 0 Å². The van der Waals surface area contributed by atoms with Crippen molar-refractivity contribution in [2.24, 2.45) is 0 Å². The van der Waals surface area contributed by atoms with E-state index in [1.165, 1.54) is 71.3 Å². The lowest BCUT2D eigenvalue weighted by atomic mass is 9.80. The first kappa shape index (κ1) is 44.1. The molecule has 0 spiro atoms. The van der Waals surface area contributed by atoms with Gasteiger partial charge in [-0.05, 0) is 96.7 Å². The highest BCUT2D eigenvalue weighted by atomic mass is 15.0. The number of fused-ring (bicyclic) bond motifs is 11. The molecule has 5 heteroatoms. The van der Waals surface area contributed by atoms with Crippen molar-refractivity contribution in [3.05, 3.63) is 278 Å². The van der Waals surface area contributed by atoms with Crippen molar-refractivity contribution in [2.75, 3.05) is 0 Å². The maximum Gasteiger partial charge on any atom is 0.156 e. The standard InChI is InChI=1S/C70H51N5/c1-2-3-4-16-31-51-46-60(49-29-14-7-15-30-49)72-70(71-51)50-44-58(47-25-10-5-11-26-47)67(59(45-50)48-27-12-6-13-28-48)75-62-39-24-22-37-57(62)66-64(75)43-41-55-54-40-42-63-65(68(54)74(69(55)66)53-34-19-9-20-35-53)56-36-21-23-38-61(56)73(63)52-32-17-8-18-33-52/h2-7,9-17,19-44,46,59H,1,8,18,45H2/b4-3-,31-16+. The van der Waals surface area contributed by atoms with Gasteiger partial charge < -0.3 is 13.7 Å². The van der Waals surface area contributed by atoms with Gasteiger partial charge in [0.15, 0.2) is 5.82 Å². The van der Waals surface area contributed by atoms with E-state index >= 15 is 0 Å². The van der Waals surface area contributed by atoms with E-state index < -0.39 is 0 Å². The van der Waals surface area contributed by atoms with Crippen LogP contribution in [0, 0.1) is 0 Å². The van der Waals surface area contributed by atoms with Gasteiger partial charge in [-0.15, -0.1) is 0 Å². The molecule has 0 amide bonds. The molecule has 1 unspecified atom stereocenters. The van der Waals surface area contributed by atoms with Crippen LogP contribution in [0.2, 0.25) is 0 Å².